The molecule has 2 N–H and O–H groups in total. The third kappa shape index (κ3) is 6.38. The summed E-state index contributed by atoms with van der Waals surface area (Å²) in [5, 5.41) is 11.0. The molecule has 0 aliphatic rings. The standard InChI is InChI=1S/C12H25N5/c1-11(2)7-13-5-4-6-14-8-12(3)17-10-15-9-16-17/h9-14H,4-8H2,1-3H3. The molecule has 0 saturated heterocycles. The van der Waals surface area contributed by atoms with Gasteiger partial charge in [0, 0.05) is 6.54 Å². The molecule has 1 aromatic heterocycles. The Hall–Kier alpha value is -0.940. The highest BCUT2D eigenvalue weighted by Crippen LogP contribution is 1.98. The van der Waals surface area contributed by atoms with Gasteiger partial charge in [0.05, 0.1) is 6.04 Å². The fourth-order valence-electron chi connectivity index (χ4n) is 1.58. The lowest BCUT2D eigenvalue weighted by Crippen LogP contribution is -2.28. The molecular formula is C12H25N5. The summed E-state index contributed by atoms with van der Waals surface area (Å²) in [7, 11) is 0. The van der Waals surface area contributed by atoms with E-state index >= 15 is 0 Å². The summed E-state index contributed by atoms with van der Waals surface area (Å²) in [6, 6.07) is 0.362. The van der Waals surface area contributed by atoms with Gasteiger partial charge in [0.15, 0.2) is 0 Å². The van der Waals surface area contributed by atoms with Gasteiger partial charge < -0.3 is 10.6 Å². The highest BCUT2D eigenvalue weighted by Gasteiger charge is 2.03. The minimum Gasteiger partial charge on any atom is -0.316 e. The third-order valence-corrected chi connectivity index (χ3v) is 2.59. The van der Waals surface area contributed by atoms with Gasteiger partial charge in [0.2, 0.25) is 0 Å². The molecule has 0 radical (unpaired) electrons. The first kappa shape index (κ1) is 14.1. The van der Waals surface area contributed by atoms with E-state index in [-0.39, 0.29) is 0 Å². The Balaban J connectivity index is 1.94. The minimum absolute atomic E-state index is 0.362. The molecule has 5 nitrogen and oxygen atoms in total. The van der Waals surface area contributed by atoms with Crippen LogP contribution in [-0.4, -0.2) is 40.9 Å². The Morgan fingerprint density at radius 3 is 2.41 bits per heavy atom. The van der Waals surface area contributed by atoms with Crippen molar-refractivity contribution >= 4 is 0 Å². The molecule has 0 amide bonds. The summed E-state index contributed by atoms with van der Waals surface area (Å²) >= 11 is 0. The van der Waals surface area contributed by atoms with E-state index in [0.717, 1.165) is 38.5 Å². The van der Waals surface area contributed by atoms with Crippen molar-refractivity contribution in [2.24, 2.45) is 5.92 Å². The number of hydrogen-bond donors (Lipinski definition) is 2. The van der Waals surface area contributed by atoms with Crippen LogP contribution in [-0.2, 0) is 0 Å². The highest BCUT2D eigenvalue weighted by atomic mass is 15.3. The first-order chi connectivity index (χ1) is 8.20. The van der Waals surface area contributed by atoms with E-state index in [4.69, 9.17) is 0 Å². The molecule has 1 atom stereocenters. The van der Waals surface area contributed by atoms with Gasteiger partial charge in [-0.15, -0.1) is 0 Å². The molecule has 0 aromatic carbocycles. The van der Waals surface area contributed by atoms with E-state index in [1.165, 1.54) is 0 Å². The van der Waals surface area contributed by atoms with Gasteiger partial charge in [-0.1, -0.05) is 13.8 Å². The van der Waals surface area contributed by atoms with Crippen LogP contribution in [0.3, 0.4) is 0 Å². The maximum absolute atomic E-state index is 4.12. The van der Waals surface area contributed by atoms with Crippen molar-refractivity contribution in [1.82, 2.24) is 25.4 Å². The number of rotatable bonds is 9. The number of nitrogens with zero attached hydrogens (tertiary/aromatic N) is 3. The zero-order valence-corrected chi connectivity index (χ0v) is 11.2. The minimum atomic E-state index is 0.362. The zero-order chi connectivity index (χ0) is 12.5. The van der Waals surface area contributed by atoms with Crippen LogP contribution in [0.1, 0.15) is 33.2 Å². The summed E-state index contributed by atoms with van der Waals surface area (Å²) in [5.41, 5.74) is 0. The number of aromatic nitrogens is 3. The maximum atomic E-state index is 4.12. The molecule has 0 bridgehead atoms. The Kier molecular flexibility index (Phi) is 6.81. The van der Waals surface area contributed by atoms with E-state index in [9.17, 15) is 0 Å². The second-order valence-electron chi connectivity index (χ2n) is 4.88. The van der Waals surface area contributed by atoms with Crippen molar-refractivity contribution in [3.8, 4) is 0 Å². The quantitative estimate of drug-likeness (QED) is 0.633. The number of nitrogens with one attached hydrogen (secondary N) is 2. The molecular weight excluding hydrogens is 214 g/mol. The van der Waals surface area contributed by atoms with Crippen LogP contribution < -0.4 is 10.6 Å². The Morgan fingerprint density at radius 2 is 1.82 bits per heavy atom. The topological polar surface area (TPSA) is 54.8 Å². The van der Waals surface area contributed by atoms with Crippen LogP contribution in [0.2, 0.25) is 0 Å². The molecule has 98 valence electrons. The molecule has 5 heteroatoms. The van der Waals surface area contributed by atoms with Crippen molar-refractivity contribution in [2.45, 2.75) is 33.2 Å². The lowest BCUT2D eigenvalue weighted by Gasteiger charge is -2.12. The highest BCUT2D eigenvalue weighted by molar-refractivity contribution is 4.67. The molecule has 0 saturated carbocycles. The average Bonchev–Trinajstić information content (AvgIpc) is 2.80. The molecule has 17 heavy (non-hydrogen) atoms. The Labute approximate surface area is 104 Å². The summed E-state index contributed by atoms with van der Waals surface area (Å²) in [4.78, 5) is 3.94. The predicted octanol–water partition coefficient (Wildman–Crippen LogP) is 1.06. The molecule has 0 aliphatic carbocycles. The van der Waals surface area contributed by atoms with Gasteiger partial charge in [-0.2, -0.15) is 5.10 Å². The predicted molar refractivity (Wildman–Crippen MR) is 69.9 cm³/mol. The van der Waals surface area contributed by atoms with Crippen LogP contribution in [0.15, 0.2) is 12.7 Å². The lowest BCUT2D eigenvalue weighted by molar-refractivity contribution is 0.446. The Bertz CT molecular complexity index is 270. The average molecular weight is 239 g/mol. The maximum Gasteiger partial charge on any atom is 0.137 e. The van der Waals surface area contributed by atoms with E-state index in [0.29, 0.717) is 6.04 Å². The zero-order valence-electron chi connectivity index (χ0n) is 11.2. The molecule has 1 unspecified atom stereocenters. The van der Waals surface area contributed by atoms with E-state index in [1.807, 2.05) is 4.68 Å². The smallest absolute Gasteiger partial charge is 0.137 e. The largest absolute Gasteiger partial charge is 0.316 e. The molecule has 1 rings (SSSR count). The fourth-order valence-corrected chi connectivity index (χ4v) is 1.58. The molecule has 0 fully saturated rings. The van der Waals surface area contributed by atoms with E-state index < -0.39 is 0 Å². The SMILES string of the molecule is CC(C)CNCCCNCC(C)n1cncn1. The lowest BCUT2D eigenvalue weighted by atomic mass is 10.2. The van der Waals surface area contributed by atoms with Gasteiger partial charge in [0.1, 0.15) is 12.7 Å². The van der Waals surface area contributed by atoms with Crippen LogP contribution in [0.25, 0.3) is 0 Å². The van der Waals surface area contributed by atoms with Gasteiger partial charge in [0.25, 0.3) is 0 Å². The summed E-state index contributed by atoms with van der Waals surface area (Å²) in [5.74, 6) is 0.732. The third-order valence-electron chi connectivity index (χ3n) is 2.59. The summed E-state index contributed by atoms with van der Waals surface area (Å²) in [6.07, 6.45) is 4.50. The second kappa shape index (κ2) is 8.20. The number of hydrogen-bond acceptors (Lipinski definition) is 4. The summed E-state index contributed by atoms with van der Waals surface area (Å²) < 4.78 is 1.88. The van der Waals surface area contributed by atoms with E-state index in [2.05, 4.69) is 41.5 Å². The van der Waals surface area contributed by atoms with Crippen molar-refractivity contribution in [3.63, 3.8) is 0 Å². The normalized spacial score (nSPS) is 13.2. The van der Waals surface area contributed by atoms with Crippen molar-refractivity contribution in [3.05, 3.63) is 12.7 Å². The second-order valence-corrected chi connectivity index (χ2v) is 4.88. The molecule has 1 heterocycles. The van der Waals surface area contributed by atoms with E-state index in [1.54, 1.807) is 12.7 Å². The fraction of sp³-hybridized carbons (Fsp3) is 0.833. The monoisotopic (exact) mass is 239 g/mol. The van der Waals surface area contributed by atoms with Crippen LogP contribution in [0.4, 0.5) is 0 Å². The van der Waals surface area contributed by atoms with Gasteiger partial charge in [-0.3, -0.25) is 0 Å². The van der Waals surface area contributed by atoms with Crippen molar-refractivity contribution in [2.75, 3.05) is 26.2 Å². The van der Waals surface area contributed by atoms with Crippen LogP contribution in [0, 0.1) is 5.92 Å². The first-order valence-electron chi connectivity index (χ1n) is 6.45. The molecule has 0 aliphatic heterocycles. The Morgan fingerprint density at radius 1 is 1.12 bits per heavy atom. The van der Waals surface area contributed by atoms with Gasteiger partial charge >= 0.3 is 0 Å². The molecule has 1 aromatic rings. The first-order valence-corrected chi connectivity index (χ1v) is 6.45. The van der Waals surface area contributed by atoms with Gasteiger partial charge in [-0.25, -0.2) is 9.67 Å². The van der Waals surface area contributed by atoms with Crippen LogP contribution in [0.5, 0.6) is 0 Å². The molecule has 0 spiro atoms. The van der Waals surface area contributed by atoms with Gasteiger partial charge in [-0.05, 0) is 38.9 Å². The summed E-state index contributed by atoms with van der Waals surface area (Å²) in [6.45, 7) is 10.8. The van der Waals surface area contributed by atoms with Crippen molar-refractivity contribution < 1.29 is 0 Å². The van der Waals surface area contributed by atoms with Crippen molar-refractivity contribution in [1.29, 1.82) is 0 Å². The van der Waals surface area contributed by atoms with Crippen LogP contribution >= 0.6 is 0 Å².